The molecule has 1 saturated heterocycles. The van der Waals surface area contributed by atoms with Gasteiger partial charge in [0.05, 0.1) is 19.6 Å². The maximum atomic E-state index is 13.2. The van der Waals surface area contributed by atoms with Crippen LogP contribution in [0.4, 0.5) is 0 Å². The summed E-state index contributed by atoms with van der Waals surface area (Å²) in [7, 11) is 1.58. The summed E-state index contributed by atoms with van der Waals surface area (Å²) >= 11 is 1.41. The Hall–Kier alpha value is -3.30. The predicted molar refractivity (Wildman–Crippen MR) is 136 cm³/mol. The van der Waals surface area contributed by atoms with Crippen LogP contribution < -0.4 is 10.1 Å². The van der Waals surface area contributed by atoms with Gasteiger partial charge in [-0.25, -0.2) is 4.79 Å². The number of esters is 1. The number of rotatable bonds is 9. The van der Waals surface area contributed by atoms with Crippen LogP contribution in [0.2, 0.25) is 0 Å². The highest BCUT2D eigenvalue weighted by Gasteiger charge is 2.56. The largest absolute Gasteiger partial charge is 0.497 e. The molecular weight excluding hydrogens is 480 g/mol. The molecule has 8 nitrogen and oxygen atoms in total. The van der Waals surface area contributed by atoms with Gasteiger partial charge in [-0.3, -0.25) is 14.5 Å². The minimum atomic E-state index is -0.748. The van der Waals surface area contributed by atoms with E-state index in [9.17, 15) is 14.4 Å². The van der Waals surface area contributed by atoms with Crippen molar-refractivity contribution in [3.8, 4) is 5.75 Å². The minimum Gasteiger partial charge on any atom is -0.497 e. The van der Waals surface area contributed by atoms with Crippen molar-refractivity contribution in [3.05, 3.63) is 77.0 Å². The number of ether oxygens (including phenoxy) is 3. The van der Waals surface area contributed by atoms with Crippen LogP contribution in [0.1, 0.15) is 31.9 Å². The quantitative estimate of drug-likeness (QED) is 0.408. The van der Waals surface area contributed by atoms with Crippen LogP contribution in [0.15, 0.2) is 65.9 Å². The lowest BCUT2D eigenvalue weighted by molar-refractivity contribution is -0.153. The van der Waals surface area contributed by atoms with Crippen LogP contribution in [-0.2, 0) is 36.9 Å². The highest BCUT2D eigenvalue weighted by Crippen LogP contribution is 2.45. The van der Waals surface area contributed by atoms with E-state index in [1.54, 1.807) is 26.2 Å². The van der Waals surface area contributed by atoms with Crippen molar-refractivity contribution in [3.63, 3.8) is 0 Å². The molecule has 0 bridgehead atoms. The molecule has 0 saturated carbocycles. The monoisotopic (exact) mass is 510 g/mol. The summed E-state index contributed by atoms with van der Waals surface area (Å²) in [5, 5.41) is 2.37. The highest BCUT2D eigenvalue weighted by molar-refractivity contribution is 8.00. The predicted octanol–water partition coefficient (Wildman–Crippen LogP) is 3.41. The van der Waals surface area contributed by atoms with E-state index in [0.717, 1.165) is 11.1 Å². The van der Waals surface area contributed by atoms with Crippen LogP contribution in [0.5, 0.6) is 5.75 Å². The zero-order chi connectivity index (χ0) is 25.8. The van der Waals surface area contributed by atoms with Gasteiger partial charge in [-0.2, -0.15) is 0 Å². The van der Waals surface area contributed by atoms with Crippen molar-refractivity contribution >= 4 is 29.5 Å². The van der Waals surface area contributed by atoms with Crippen LogP contribution >= 0.6 is 11.8 Å². The molecule has 2 heterocycles. The smallest absolute Gasteiger partial charge is 0.355 e. The molecule has 0 aliphatic carbocycles. The molecule has 0 radical (unpaired) electrons. The first-order chi connectivity index (χ1) is 17.3. The van der Waals surface area contributed by atoms with Crippen molar-refractivity contribution in [1.82, 2.24) is 10.2 Å². The van der Waals surface area contributed by atoms with Gasteiger partial charge in [0.25, 0.3) is 5.91 Å². The van der Waals surface area contributed by atoms with Gasteiger partial charge in [0.2, 0.25) is 5.91 Å². The molecule has 3 atom stereocenters. The minimum absolute atomic E-state index is 0.0480. The number of amides is 2. The molecule has 0 spiro atoms. The number of carbonyl (C=O) groups is 3. The fourth-order valence-corrected chi connectivity index (χ4v) is 5.62. The van der Waals surface area contributed by atoms with E-state index >= 15 is 0 Å². The van der Waals surface area contributed by atoms with Gasteiger partial charge in [-0.1, -0.05) is 54.2 Å². The lowest BCUT2D eigenvalue weighted by Gasteiger charge is -2.51. The van der Waals surface area contributed by atoms with Crippen molar-refractivity contribution < 1.29 is 28.6 Å². The number of hydrogen-bond donors (Lipinski definition) is 1. The van der Waals surface area contributed by atoms with E-state index in [1.165, 1.54) is 16.7 Å². The van der Waals surface area contributed by atoms with Gasteiger partial charge >= 0.3 is 5.97 Å². The third-order valence-electron chi connectivity index (χ3n) is 5.92. The third-order valence-corrected chi connectivity index (χ3v) is 7.39. The second kappa shape index (κ2) is 11.2. The molecule has 190 valence electrons. The van der Waals surface area contributed by atoms with E-state index in [4.69, 9.17) is 14.2 Å². The summed E-state index contributed by atoms with van der Waals surface area (Å²) in [5.74, 6) is -0.493. The molecule has 2 aliphatic rings. The number of β-lactam (4-membered cyclic amide) rings is 1. The van der Waals surface area contributed by atoms with Crippen molar-refractivity contribution in [2.24, 2.45) is 0 Å². The Bertz CT molecular complexity index is 1150. The Kier molecular flexibility index (Phi) is 8.01. The first kappa shape index (κ1) is 25.8. The van der Waals surface area contributed by atoms with Crippen LogP contribution in [0.3, 0.4) is 0 Å². The van der Waals surface area contributed by atoms with Gasteiger partial charge < -0.3 is 19.5 Å². The number of nitrogens with zero attached hydrogens (tertiary/aromatic N) is 1. The van der Waals surface area contributed by atoms with E-state index in [-0.39, 0.29) is 36.6 Å². The molecule has 2 aromatic rings. The summed E-state index contributed by atoms with van der Waals surface area (Å²) in [6, 6.07) is 15.8. The van der Waals surface area contributed by atoms with Crippen LogP contribution in [0, 0.1) is 0 Å². The summed E-state index contributed by atoms with van der Waals surface area (Å²) < 4.78 is 16.8. The second-order valence-electron chi connectivity index (χ2n) is 8.92. The molecule has 0 aromatic heterocycles. The van der Waals surface area contributed by atoms with Crippen molar-refractivity contribution in [2.45, 2.75) is 56.8 Å². The standard InChI is InChI=1S/C27H30N2O6S/c1-16(2)35-27-17(3)23(26(32)34-15-19-10-12-20(33-4)13-11-19)29-24(31)22(25(29)36-27)28-21(30)14-18-8-6-5-7-9-18/h5-13,16,22,25,27H,14-15H2,1-4H3,(H,28,30)/t22-,25+,27-/m0/s1. The summed E-state index contributed by atoms with van der Waals surface area (Å²) in [4.78, 5) is 40.4. The topological polar surface area (TPSA) is 94.2 Å². The van der Waals surface area contributed by atoms with Gasteiger partial charge in [-0.15, -0.1) is 0 Å². The second-order valence-corrected chi connectivity index (χ2v) is 10.1. The van der Waals surface area contributed by atoms with Crippen molar-refractivity contribution in [1.29, 1.82) is 0 Å². The molecule has 36 heavy (non-hydrogen) atoms. The third kappa shape index (κ3) is 5.57. The average molecular weight is 511 g/mol. The first-order valence-corrected chi connectivity index (χ1v) is 12.7. The zero-order valence-electron chi connectivity index (χ0n) is 20.7. The number of hydrogen-bond acceptors (Lipinski definition) is 7. The van der Waals surface area contributed by atoms with Gasteiger partial charge in [0.1, 0.15) is 34.9 Å². The number of fused-ring (bicyclic) bond motifs is 1. The molecule has 1 N–H and O–H groups in total. The summed E-state index contributed by atoms with van der Waals surface area (Å²) in [6.45, 7) is 5.64. The average Bonchev–Trinajstić information content (AvgIpc) is 2.87. The molecule has 1 fully saturated rings. The lowest BCUT2D eigenvalue weighted by Crippen LogP contribution is -2.71. The van der Waals surface area contributed by atoms with Crippen LogP contribution in [-0.4, -0.2) is 52.7 Å². The summed E-state index contributed by atoms with van der Waals surface area (Å²) in [6.07, 6.45) is 0.0713. The first-order valence-electron chi connectivity index (χ1n) is 11.8. The van der Waals surface area contributed by atoms with E-state index in [1.807, 2.05) is 56.3 Å². The zero-order valence-corrected chi connectivity index (χ0v) is 21.5. The highest BCUT2D eigenvalue weighted by atomic mass is 32.2. The SMILES string of the molecule is COc1ccc(COC(=O)C2=C(C)[C@@H](OC(C)C)S[C@@H]3[C@@H](NC(=O)Cc4ccccc4)C(=O)N23)cc1. The number of thioether (sulfide) groups is 1. The number of benzene rings is 2. The normalized spacial score (nSPS) is 21.1. The molecule has 4 rings (SSSR count). The molecule has 2 amide bonds. The maximum absolute atomic E-state index is 13.2. The number of nitrogens with one attached hydrogen (secondary N) is 1. The summed E-state index contributed by atoms with van der Waals surface area (Å²) in [5.41, 5.74) is 1.99. The Morgan fingerprint density at radius 1 is 1.06 bits per heavy atom. The fourth-order valence-electron chi connectivity index (χ4n) is 4.09. The number of methoxy groups -OCH3 is 1. The fraction of sp³-hybridized carbons (Fsp3) is 0.370. The van der Waals surface area contributed by atoms with E-state index in [0.29, 0.717) is 11.3 Å². The molecular formula is C27H30N2O6S. The number of carbonyl (C=O) groups excluding carboxylic acids is 3. The molecule has 2 aliphatic heterocycles. The Labute approximate surface area is 215 Å². The maximum Gasteiger partial charge on any atom is 0.355 e. The van der Waals surface area contributed by atoms with Gasteiger partial charge in [0.15, 0.2) is 0 Å². The van der Waals surface area contributed by atoms with Crippen molar-refractivity contribution in [2.75, 3.05) is 7.11 Å². The van der Waals surface area contributed by atoms with Crippen LogP contribution in [0.25, 0.3) is 0 Å². The molecule has 0 unspecified atom stereocenters. The molecule has 9 heteroatoms. The lowest BCUT2D eigenvalue weighted by atomic mass is 10.0. The Morgan fingerprint density at radius 2 is 1.75 bits per heavy atom. The van der Waals surface area contributed by atoms with E-state index < -0.39 is 22.8 Å². The Balaban J connectivity index is 1.48. The van der Waals surface area contributed by atoms with Gasteiger partial charge in [-0.05, 0) is 49.6 Å². The molecule has 2 aromatic carbocycles. The Morgan fingerprint density at radius 3 is 2.39 bits per heavy atom. The van der Waals surface area contributed by atoms with E-state index in [2.05, 4.69) is 5.32 Å². The van der Waals surface area contributed by atoms with Gasteiger partial charge in [0, 0.05) is 0 Å².